The molecule has 0 unspecified atom stereocenters. The van der Waals surface area contributed by atoms with Crippen molar-refractivity contribution in [3.63, 3.8) is 0 Å². The number of rotatable bonds is 11. The Kier molecular flexibility index (Phi) is 8.57. The van der Waals surface area contributed by atoms with Crippen molar-refractivity contribution in [2.75, 3.05) is 13.6 Å². The number of hydrogen-bond donors (Lipinski definition) is 1. The monoisotopic (exact) mass is 470 g/mol. The van der Waals surface area contributed by atoms with Crippen LogP contribution in [0.4, 0.5) is 4.39 Å². The van der Waals surface area contributed by atoms with Crippen LogP contribution in [-0.4, -0.2) is 32.2 Å². The molecule has 0 radical (unpaired) electrons. The first-order chi connectivity index (χ1) is 15.8. The number of amides is 1. The third kappa shape index (κ3) is 7.40. The number of hydrogen-bond acceptors (Lipinski definition) is 4. The van der Waals surface area contributed by atoms with Gasteiger partial charge in [-0.2, -0.15) is 0 Å². The molecule has 33 heavy (non-hydrogen) atoms. The molecule has 0 atom stereocenters. The van der Waals surface area contributed by atoms with Crippen molar-refractivity contribution < 1.29 is 22.3 Å². The van der Waals surface area contributed by atoms with Crippen LogP contribution in [0.1, 0.15) is 24.0 Å². The van der Waals surface area contributed by atoms with E-state index < -0.39 is 15.8 Å². The van der Waals surface area contributed by atoms with Gasteiger partial charge in [0, 0.05) is 26.6 Å². The number of nitrogens with one attached hydrogen (secondary N) is 1. The number of carbonyl (C=O) groups is 1. The lowest BCUT2D eigenvalue weighted by Crippen LogP contribution is -2.29. The molecule has 6 nitrogen and oxygen atoms in total. The number of benzene rings is 3. The van der Waals surface area contributed by atoms with E-state index in [4.69, 9.17) is 4.74 Å². The second-order valence-corrected chi connectivity index (χ2v) is 9.63. The third-order valence-corrected chi connectivity index (χ3v) is 6.90. The van der Waals surface area contributed by atoms with Crippen molar-refractivity contribution in [1.29, 1.82) is 0 Å². The molecule has 0 aliphatic heterocycles. The van der Waals surface area contributed by atoms with Crippen molar-refractivity contribution >= 4 is 15.9 Å². The van der Waals surface area contributed by atoms with Crippen LogP contribution in [0.3, 0.4) is 0 Å². The molecule has 8 heteroatoms. The van der Waals surface area contributed by atoms with E-state index in [1.165, 1.54) is 23.5 Å². The zero-order valence-electron chi connectivity index (χ0n) is 18.4. The lowest BCUT2D eigenvalue weighted by Gasteiger charge is -2.17. The molecule has 0 saturated heterocycles. The van der Waals surface area contributed by atoms with Gasteiger partial charge in [0.05, 0.1) is 4.90 Å². The maximum Gasteiger partial charge on any atom is 0.242 e. The third-order valence-electron chi connectivity index (χ3n) is 5.03. The van der Waals surface area contributed by atoms with E-state index in [2.05, 4.69) is 5.32 Å². The first kappa shape index (κ1) is 24.4. The summed E-state index contributed by atoms with van der Waals surface area (Å²) in [5, 5.41) is 2.86. The average Bonchev–Trinajstić information content (AvgIpc) is 2.82. The van der Waals surface area contributed by atoms with Gasteiger partial charge in [-0.15, -0.1) is 0 Å². The Labute approximate surface area is 194 Å². The first-order valence-electron chi connectivity index (χ1n) is 10.6. The van der Waals surface area contributed by atoms with E-state index in [1.807, 2.05) is 54.6 Å². The molecule has 0 bridgehead atoms. The average molecular weight is 471 g/mol. The summed E-state index contributed by atoms with van der Waals surface area (Å²) in [6.07, 6.45) is 0.563. The smallest absolute Gasteiger partial charge is 0.242 e. The summed E-state index contributed by atoms with van der Waals surface area (Å²) in [5.41, 5.74) is 1.95. The van der Waals surface area contributed by atoms with Gasteiger partial charge >= 0.3 is 0 Å². The Balaban J connectivity index is 1.41. The van der Waals surface area contributed by atoms with Gasteiger partial charge in [-0.05, 0) is 53.9 Å². The fraction of sp³-hybridized carbons (Fsp3) is 0.240. The fourth-order valence-corrected chi connectivity index (χ4v) is 4.38. The molecule has 0 heterocycles. The highest BCUT2D eigenvalue weighted by atomic mass is 32.2. The summed E-state index contributed by atoms with van der Waals surface area (Å²) in [7, 11) is -2.27. The molecule has 1 N–H and O–H groups in total. The van der Waals surface area contributed by atoms with Gasteiger partial charge in [0.25, 0.3) is 0 Å². The molecule has 0 fully saturated rings. The predicted molar refractivity (Wildman–Crippen MR) is 125 cm³/mol. The molecule has 3 aromatic carbocycles. The zero-order valence-corrected chi connectivity index (χ0v) is 19.2. The minimum Gasteiger partial charge on any atom is -0.489 e. The minimum absolute atomic E-state index is 0.0203. The number of para-hydroxylation sites is 1. The highest BCUT2D eigenvalue weighted by Gasteiger charge is 2.20. The summed E-state index contributed by atoms with van der Waals surface area (Å²) in [4.78, 5) is 12.2. The summed E-state index contributed by atoms with van der Waals surface area (Å²) in [6.45, 7) is 0.988. The van der Waals surface area contributed by atoms with Gasteiger partial charge in [-0.1, -0.05) is 42.5 Å². The molecule has 0 spiro atoms. The van der Waals surface area contributed by atoms with Crippen molar-refractivity contribution in [3.05, 3.63) is 95.8 Å². The van der Waals surface area contributed by atoms with Gasteiger partial charge in [0.15, 0.2) is 0 Å². The van der Waals surface area contributed by atoms with Crippen LogP contribution in [-0.2, 0) is 28.0 Å². The second-order valence-electron chi connectivity index (χ2n) is 7.58. The van der Waals surface area contributed by atoms with E-state index >= 15 is 0 Å². The standard InChI is InChI=1S/C25H27FN2O4S/c1-28(33(30,31)24-14-12-22(26)13-15-24)16-6-11-25(29)27-18-20-7-5-8-21(17-20)19-32-23-9-3-2-4-10-23/h2-5,7-10,12-15,17H,6,11,16,18-19H2,1H3,(H,27,29). The zero-order chi connectivity index (χ0) is 23.7. The van der Waals surface area contributed by atoms with Crippen LogP contribution >= 0.6 is 0 Å². The molecule has 174 valence electrons. The summed E-state index contributed by atoms with van der Waals surface area (Å²) in [5.74, 6) is 0.138. The molecular formula is C25H27FN2O4S. The summed E-state index contributed by atoms with van der Waals surface area (Å²) in [6, 6.07) is 22.0. The molecule has 0 aliphatic carbocycles. The Morgan fingerprint density at radius 3 is 2.39 bits per heavy atom. The normalized spacial score (nSPS) is 11.4. The van der Waals surface area contributed by atoms with Crippen molar-refractivity contribution in [2.24, 2.45) is 0 Å². The number of carbonyl (C=O) groups excluding carboxylic acids is 1. The SMILES string of the molecule is CN(CCCC(=O)NCc1cccc(COc2ccccc2)c1)S(=O)(=O)c1ccc(F)cc1. The number of ether oxygens (including phenoxy) is 1. The lowest BCUT2D eigenvalue weighted by molar-refractivity contribution is -0.121. The van der Waals surface area contributed by atoms with Crippen LogP contribution in [0.25, 0.3) is 0 Å². The maximum absolute atomic E-state index is 13.0. The quantitative estimate of drug-likeness (QED) is 0.457. The van der Waals surface area contributed by atoms with Crippen molar-refractivity contribution in [1.82, 2.24) is 9.62 Å². The van der Waals surface area contributed by atoms with E-state index in [-0.39, 0.29) is 23.8 Å². The fourth-order valence-electron chi connectivity index (χ4n) is 3.17. The lowest BCUT2D eigenvalue weighted by atomic mass is 10.1. The van der Waals surface area contributed by atoms with E-state index in [0.717, 1.165) is 29.0 Å². The molecule has 0 aliphatic rings. The topological polar surface area (TPSA) is 75.7 Å². The van der Waals surface area contributed by atoms with Crippen molar-refractivity contribution in [2.45, 2.75) is 30.9 Å². The summed E-state index contributed by atoms with van der Waals surface area (Å²) >= 11 is 0. The number of sulfonamides is 1. The van der Waals surface area contributed by atoms with Gasteiger partial charge < -0.3 is 10.1 Å². The highest BCUT2D eigenvalue weighted by Crippen LogP contribution is 2.16. The molecule has 0 saturated carbocycles. The second kappa shape index (κ2) is 11.6. The molecule has 3 rings (SSSR count). The van der Waals surface area contributed by atoms with Gasteiger partial charge in [0.2, 0.25) is 15.9 Å². The maximum atomic E-state index is 13.0. The highest BCUT2D eigenvalue weighted by molar-refractivity contribution is 7.89. The molecule has 0 aromatic heterocycles. The minimum atomic E-state index is -3.72. The van der Waals surface area contributed by atoms with Gasteiger partial charge in [-0.3, -0.25) is 4.79 Å². The largest absolute Gasteiger partial charge is 0.489 e. The van der Waals surface area contributed by atoms with E-state index in [9.17, 15) is 17.6 Å². The molecular weight excluding hydrogens is 443 g/mol. The molecule has 1 amide bonds. The predicted octanol–water partition coefficient (Wildman–Crippen LogP) is 4.12. The van der Waals surface area contributed by atoms with Crippen LogP contribution in [0.5, 0.6) is 5.75 Å². The Morgan fingerprint density at radius 1 is 0.970 bits per heavy atom. The number of nitrogens with zero attached hydrogens (tertiary/aromatic N) is 1. The Hall–Kier alpha value is -3.23. The van der Waals surface area contributed by atoms with Crippen LogP contribution in [0, 0.1) is 5.82 Å². The van der Waals surface area contributed by atoms with Crippen LogP contribution in [0.15, 0.2) is 83.8 Å². The molecule has 3 aromatic rings. The number of halogens is 1. The van der Waals surface area contributed by atoms with E-state index in [1.54, 1.807) is 0 Å². The van der Waals surface area contributed by atoms with Crippen LogP contribution < -0.4 is 10.1 Å². The first-order valence-corrected chi connectivity index (χ1v) is 12.0. The summed E-state index contributed by atoms with van der Waals surface area (Å²) < 4.78 is 45.0. The van der Waals surface area contributed by atoms with Crippen LogP contribution in [0.2, 0.25) is 0 Å². The Morgan fingerprint density at radius 2 is 1.67 bits per heavy atom. The van der Waals surface area contributed by atoms with E-state index in [0.29, 0.717) is 19.6 Å². The van der Waals surface area contributed by atoms with Crippen molar-refractivity contribution in [3.8, 4) is 5.75 Å². The van der Waals surface area contributed by atoms with Gasteiger partial charge in [0.1, 0.15) is 18.2 Å². The van der Waals surface area contributed by atoms with Gasteiger partial charge in [-0.25, -0.2) is 17.1 Å². The Bertz CT molecular complexity index is 1150.